The number of thiazole rings is 1. The summed E-state index contributed by atoms with van der Waals surface area (Å²) < 4.78 is 0. The van der Waals surface area contributed by atoms with Gasteiger partial charge in [0.25, 0.3) is 0 Å². The Bertz CT molecular complexity index is 627. The summed E-state index contributed by atoms with van der Waals surface area (Å²) in [7, 11) is 1.79. The van der Waals surface area contributed by atoms with E-state index in [1.165, 1.54) is 5.56 Å². The smallest absolute Gasteiger partial charge is 0.228 e. The van der Waals surface area contributed by atoms with Crippen LogP contribution in [0.2, 0.25) is 0 Å². The molecule has 1 aromatic heterocycles. The third-order valence-corrected chi connectivity index (χ3v) is 4.83. The van der Waals surface area contributed by atoms with Gasteiger partial charge in [-0.15, -0.1) is 23.7 Å². The van der Waals surface area contributed by atoms with Crippen LogP contribution < -0.4 is 5.73 Å². The molecule has 2 N–H and O–H groups in total. The molecular formula is C17H24ClN3OS. The summed E-state index contributed by atoms with van der Waals surface area (Å²) in [6, 6.07) is 8.47. The average molecular weight is 354 g/mol. The average Bonchev–Trinajstić information content (AvgIpc) is 3.01. The summed E-state index contributed by atoms with van der Waals surface area (Å²) in [4.78, 5) is 18.4. The minimum Gasteiger partial charge on any atom is -0.341 e. The Kier molecular flexibility index (Phi) is 7.68. The normalized spacial score (nSPS) is 11.7. The molecule has 1 unspecified atom stereocenters. The lowest BCUT2D eigenvalue weighted by atomic mass is 10.1. The summed E-state index contributed by atoms with van der Waals surface area (Å²) in [6.45, 7) is 4.55. The molecule has 0 aliphatic rings. The minimum absolute atomic E-state index is 0. The summed E-state index contributed by atoms with van der Waals surface area (Å²) >= 11 is 1.58. The molecule has 0 aliphatic heterocycles. The molecule has 0 saturated carbocycles. The molecule has 1 heterocycles. The Labute approximate surface area is 148 Å². The highest BCUT2D eigenvalue weighted by Gasteiger charge is 2.16. The van der Waals surface area contributed by atoms with E-state index >= 15 is 0 Å². The number of halogens is 1. The van der Waals surface area contributed by atoms with Crippen molar-refractivity contribution in [2.24, 2.45) is 5.73 Å². The summed E-state index contributed by atoms with van der Waals surface area (Å²) in [5.41, 5.74) is 8.83. The molecule has 1 atom stereocenters. The molecule has 2 aromatic rings. The van der Waals surface area contributed by atoms with Crippen molar-refractivity contribution >= 4 is 29.7 Å². The van der Waals surface area contributed by atoms with Gasteiger partial charge in [0, 0.05) is 30.6 Å². The molecule has 0 saturated heterocycles. The van der Waals surface area contributed by atoms with Gasteiger partial charge in [-0.25, -0.2) is 4.98 Å². The largest absolute Gasteiger partial charge is 0.341 e. The van der Waals surface area contributed by atoms with Crippen molar-refractivity contribution in [3.05, 3.63) is 40.9 Å². The molecule has 126 valence electrons. The monoisotopic (exact) mass is 353 g/mol. The predicted molar refractivity (Wildman–Crippen MR) is 99.2 cm³/mol. The Morgan fingerprint density at radius 2 is 2.00 bits per heavy atom. The van der Waals surface area contributed by atoms with Crippen LogP contribution in [0.25, 0.3) is 10.6 Å². The van der Waals surface area contributed by atoms with Gasteiger partial charge in [-0.05, 0) is 18.9 Å². The van der Waals surface area contributed by atoms with E-state index in [1.807, 2.05) is 12.3 Å². The number of nitrogens with zero attached hydrogens (tertiary/aromatic N) is 2. The van der Waals surface area contributed by atoms with E-state index in [0.717, 1.165) is 22.7 Å². The zero-order valence-corrected chi connectivity index (χ0v) is 15.4. The van der Waals surface area contributed by atoms with E-state index < -0.39 is 0 Å². The quantitative estimate of drug-likeness (QED) is 0.867. The van der Waals surface area contributed by atoms with Gasteiger partial charge in [-0.2, -0.15) is 0 Å². The summed E-state index contributed by atoms with van der Waals surface area (Å²) in [6.07, 6.45) is 1.36. The first-order valence-corrected chi connectivity index (χ1v) is 8.42. The molecule has 6 heteroatoms. The third kappa shape index (κ3) is 5.03. The van der Waals surface area contributed by atoms with Crippen molar-refractivity contribution in [1.82, 2.24) is 9.88 Å². The number of rotatable bonds is 6. The number of amides is 1. The van der Waals surface area contributed by atoms with E-state index in [2.05, 4.69) is 36.2 Å². The van der Waals surface area contributed by atoms with Crippen molar-refractivity contribution in [1.29, 1.82) is 0 Å². The van der Waals surface area contributed by atoms with Crippen LogP contribution in [0.4, 0.5) is 0 Å². The zero-order chi connectivity index (χ0) is 16.1. The second-order valence-corrected chi connectivity index (χ2v) is 6.32. The van der Waals surface area contributed by atoms with E-state index in [1.54, 1.807) is 23.3 Å². The van der Waals surface area contributed by atoms with Crippen molar-refractivity contribution < 1.29 is 4.79 Å². The fourth-order valence-electron chi connectivity index (χ4n) is 2.09. The minimum atomic E-state index is 0. The Morgan fingerprint density at radius 1 is 1.35 bits per heavy atom. The summed E-state index contributed by atoms with van der Waals surface area (Å²) in [5, 5.41) is 2.92. The lowest BCUT2D eigenvalue weighted by Crippen LogP contribution is -2.40. The van der Waals surface area contributed by atoms with Gasteiger partial charge in [0.1, 0.15) is 5.01 Å². The number of aromatic nitrogens is 1. The van der Waals surface area contributed by atoms with Crippen LogP contribution in [-0.2, 0) is 17.6 Å². The van der Waals surface area contributed by atoms with Crippen LogP contribution in [0.15, 0.2) is 29.6 Å². The number of carbonyl (C=O) groups is 1. The lowest BCUT2D eigenvalue weighted by molar-refractivity contribution is -0.130. The van der Waals surface area contributed by atoms with Crippen molar-refractivity contribution in [2.75, 3.05) is 13.6 Å². The molecule has 23 heavy (non-hydrogen) atoms. The fraction of sp³-hybridized carbons (Fsp3) is 0.412. The third-order valence-electron chi connectivity index (χ3n) is 3.89. The number of nitrogens with two attached hydrogens (primary N) is 1. The van der Waals surface area contributed by atoms with E-state index in [-0.39, 0.29) is 24.4 Å². The Balaban J connectivity index is 0.00000264. The molecule has 0 radical (unpaired) electrons. The van der Waals surface area contributed by atoms with E-state index in [9.17, 15) is 4.79 Å². The second-order valence-electron chi connectivity index (χ2n) is 5.46. The second kappa shape index (κ2) is 9.01. The van der Waals surface area contributed by atoms with Gasteiger partial charge in [0.15, 0.2) is 0 Å². The highest BCUT2D eigenvalue weighted by atomic mass is 35.5. The van der Waals surface area contributed by atoms with Gasteiger partial charge in [-0.1, -0.05) is 31.2 Å². The Hall–Kier alpha value is -1.43. The fourth-order valence-corrected chi connectivity index (χ4v) is 2.91. The molecule has 0 spiro atoms. The van der Waals surface area contributed by atoms with Crippen LogP contribution in [0.3, 0.4) is 0 Å². The van der Waals surface area contributed by atoms with Crippen LogP contribution in [-0.4, -0.2) is 35.4 Å². The first kappa shape index (κ1) is 19.6. The molecular weight excluding hydrogens is 330 g/mol. The van der Waals surface area contributed by atoms with E-state index in [4.69, 9.17) is 5.73 Å². The van der Waals surface area contributed by atoms with Crippen LogP contribution in [0, 0.1) is 0 Å². The topological polar surface area (TPSA) is 59.2 Å². The molecule has 1 aromatic carbocycles. The maximum absolute atomic E-state index is 12.2. The maximum Gasteiger partial charge on any atom is 0.228 e. The number of benzene rings is 1. The SMILES string of the molecule is CCc1ccc(-c2nc(CC(=O)N(C)C(C)CN)cs2)cc1.Cl. The lowest BCUT2D eigenvalue weighted by Gasteiger charge is -2.23. The van der Waals surface area contributed by atoms with Gasteiger partial charge in [0.05, 0.1) is 12.1 Å². The molecule has 0 fully saturated rings. The van der Waals surface area contributed by atoms with Crippen LogP contribution in [0.5, 0.6) is 0 Å². The van der Waals surface area contributed by atoms with Crippen molar-refractivity contribution in [2.45, 2.75) is 32.7 Å². The van der Waals surface area contributed by atoms with E-state index in [0.29, 0.717) is 13.0 Å². The highest BCUT2D eigenvalue weighted by Crippen LogP contribution is 2.24. The zero-order valence-electron chi connectivity index (χ0n) is 13.8. The predicted octanol–water partition coefficient (Wildman–Crippen LogP) is 3.14. The maximum atomic E-state index is 12.2. The van der Waals surface area contributed by atoms with Gasteiger partial charge in [-0.3, -0.25) is 4.79 Å². The van der Waals surface area contributed by atoms with Crippen molar-refractivity contribution in [3.63, 3.8) is 0 Å². The molecule has 0 bridgehead atoms. The highest BCUT2D eigenvalue weighted by molar-refractivity contribution is 7.13. The first-order chi connectivity index (χ1) is 10.5. The molecule has 4 nitrogen and oxygen atoms in total. The van der Waals surface area contributed by atoms with Crippen LogP contribution in [0.1, 0.15) is 25.1 Å². The number of carbonyl (C=O) groups excluding carboxylic acids is 1. The number of aryl methyl sites for hydroxylation is 1. The number of likely N-dealkylation sites (N-methyl/N-ethyl adjacent to an activating group) is 1. The molecule has 2 rings (SSSR count). The standard InChI is InChI=1S/C17H23N3OS.ClH/c1-4-13-5-7-14(8-6-13)17-19-15(11-22-17)9-16(21)20(3)12(2)10-18;/h5-8,11-12H,4,9-10,18H2,1-3H3;1H. The summed E-state index contributed by atoms with van der Waals surface area (Å²) in [5.74, 6) is 0.0520. The number of hydrogen-bond acceptors (Lipinski definition) is 4. The Morgan fingerprint density at radius 3 is 2.57 bits per heavy atom. The van der Waals surface area contributed by atoms with Gasteiger partial charge >= 0.3 is 0 Å². The molecule has 1 amide bonds. The van der Waals surface area contributed by atoms with Crippen LogP contribution >= 0.6 is 23.7 Å². The molecule has 0 aliphatic carbocycles. The van der Waals surface area contributed by atoms with Crippen molar-refractivity contribution in [3.8, 4) is 10.6 Å². The van der Waals surface area contributed by atoms with Gasteiger partial charge in [0.2, 0.25) is 5.91 Å². The first-order valence-electron chi connectivity index (χ1n) is 7.54. The number of hydrogen-bond donors (Lipinski definition) is 1. The van der Waals surface area contributed by atoms with Gasteiger partial charge < -0.3 is 10.6 Å².